The number of carbonyl (C=O) groups is 12. The van der Waals surface area contributed by atoms with Crippen LogP contribution in [0.4, 0.5) is 9.59 Å². The van der Waals surface area contributed by atoms with Crippen LogP contribution in [0.2, 0.25) is 0 Å². The number of primary amides is 1. The summed E-state index contributed by atoms with van der Waals surface area (Å²) in [6, 6.07) is -7.17. The Kier molecular flexibility index (Phi) is 20.5. The van der Waals surface area contributed by atoms with Gasteiger partial charge in [-0.2, -0.15) is 0 Å². The third-order valence-corrected chi connectivity index (χ3v) is 22.4. The molecule has 2 aliphatic heterocycles. The smallest absolute Gasteiger partial charge is 0.316 e. The molecule has 9 N–H and O–H groups in total. The molecule has 8 saturated carbocycles. The molecule has 22 nitrogen and oxygen atoms in total. The van der Waals surface area contributed by atoms with Crippen LogP contribution in [-0.2, 0) is 47.9 Å². The number of hydrogen-bond acceptors (Lipinski definition) is 12. The first-order chi connectivity index (χ1) is 42.7. The summed E-state index contributed by atoms with van der Waals surface area (Å²) < 4.78 is 0. The summed E-state index contributed by atoms with van der Waals surface area (Å²) >= 11 is 0. The lowest BCUT2D eigenvalue weighted by Gasteiger charge is -2.40. The highest BCUT2D eigenvalue weighted by Crippen LogP contribution is 2.66. The molecule has 10 aliphatic rings. The van der Waals surface area contributed by atoms with Gasteiger partial charge in [-0.3, -0.25) is 47.9 Å². The van der Waals surface area contributed by atoms with Crippen LogP contribution in [0, 0.1) is 74.9 Å². The minimum Gasteiger partial charge on any atom is -0.363 e. The van der Waals surface area contributed by atoms with Gasteiger partial charge in [0.15, 0.2) is 5.78 Å². The fraction of sp³-hybridized carbons (Fsp3) is 0.797. The molecule has 10 amide bonds. The van der Waals surface area contributed by atoms with Gasteiger partial charge in [-0.05, 0) is 127 Å². The van der Waals surface area contributed by atoms with Crippen molar-refractivity contribution in [3.05, 3.63) is 12.7 Å². The van der Waals surface area contributed by atoms with E-state index in [1.165, 1.54) is 6.08 Å². The fourth-order valence-corrected chi connectivity index (χ4v) is 15.9. The number of urea groups is 2. The van der Waals surface area contributed by atoms with E-state index in [0.717, 1.165) is 116 Å². The largest absolute Gasteiger partial charge is 0.363 e. The van der Waals surface area contributed by atoms with Crippen LogP contribution in [-0.4, -0.2) is 148 Å². The van der Waals surface area contributed by atoms with Crippen LogP contribution in [0.3, 0.4) is 0 Å². The second kappa shape index (κ2) is 27.0. The van der Waals surface area contributed by atoms with Crippen molar-refractivity contribution in [1.29, 1.82) is 0 Å². The SMILES string of the molecule is C=CCNC(=O)C(=O)C(CC1CC1)NC(=O)[C@@H]1[C@@H]2[C@H](CN1C(=O)[C@@H](NC(=O)N[C@H](C(=O)C1CC1)C1CCCCC1)C(C)(C)C)C2(C)C.CC(C)(C)[C@H](NC(=O)NC1(CC(=O)C2CC2)CCCCC1)C(=O)N1C[C@H]2[C@@H]([C@H]1C(=O)NC(CC1CC1)C(=O)C(N)=O)C2(C)C. The van der Waals surface area contributed by atoms with Crippen molar-refractivity contribution < 1.29 is 57.5 Å². The topological polar surface area (TPSA) is 322 Å². The third-order valence-electron chi connectivity index (χ3n) is 22.4. The molecule has 0 aromatic carbocycles. The van der Waals surface area contributed by atoms with Crippen molar-refractivity contribution >= 4 is 70.6 Å². The van der Waals surface area contributed by atoms with Gasteiger partial charge in [-0.1, -0.05) is 140 Å². The van der Waals surface area contributed by atoms with Gasteiger partial charge in [-0.15, -0.1) is 6.58 Å². The summed E-state index contributed by atoms with van der Waals surface area (Å²) in [7, 11) is 0. The predicted molar refractivity (Wildman–Crippen MR) is 340 cm³/mol. The minimum atomic E-state index is -1.09. The first-order valence-electron chi connectivity index (χ1n) is 34.4. The molecule has 2 heterocycles. The molecule has 0 aromatic heterocycles. The van der Waals surface area contributed by atoms with E-state index in [1.807, 2.05) is 41.5 Å². The zero-order valence-electron chi connectivity index (χ0n) is 55.9. The second-order valence-corrected chi connectivity index (χ2v) is 32.5. The van der Waals surface area contributed by atoms with Crippen LogP contribution in [0.5, 0.6) is 0 Å². The van der Waals surface area contributed by atoms with Crippen LogP contribution in [0.25, 0.3) is 0 Å². The molecule has 2 unspecified atom stereocenters. The van der Waals surface area contributed by atoms with Crippen LogP contribution in [0.1, 0.15) is 204 Å². The number of piperidine rings is 2. The van der Waals surface area contributed by atoms with Gasteiger partial charge in [0.05, 0.1) is 18.1 Å². The van der Waals surface area contributed by atoms with Crippen molar-refractivity contribution in [2.75, 3.05) is 19.6 Å². The molecule has 8 aliphatic carbocycles. The second-order valence-electron chi connectivity index (χ2n) is 32.5. The molecule has 504 valence electrons. The highest BCUT2D eigenvalue weighted by Gasteiger charge is 2.71. The van der Waals surface area contributed by atoms with Gasteiger partial charge in [-0.25, -0.2) is 9.59 Å². The summed E-state index contributed by atoms with van der Waals surface area (Å²) in [5, 5.41) is 20.1. The molecule has 91 heavy (non-hydrogen) atoms. The highest BCUT2D eigenvalue weighted by atomic mass is 16.2. The maximum absolute atomic E-state index is 14.4. The molecule has 0 spiro atoms. The van der Waals surface area contributed by atoms with Crippen molar-refractivity contribution in [2.45, 2.75) is 252 Å². The lowest BCUT2D eigenvalue weighted by atomic mass is 9.77. The molecule has 2 saturated heterocycles. The lowest BCUT2D eigenvalue weighted by Crippen LogP contribution is -2.63. The molecule has 0 radical (unpaired) electrons. The molecule has 0 bridgehead atoms. The molecular weight excluding hydrogens is 1160 g/mol. The summed E-state index contributed by atoms with van der Waals surface area (Å²) in [6.07, 6.45) is 19.2. The Hall–Kier alpha value is -6.22. The van der Waals surface area contributed by atoms with Gasteiger partial charge >= 0.3 is 12.1 Å². The first kappa shape index (κ1) is 69.1. The Labute approximate surface area is 537 Å². The standard InChI is InChI=1S/C36H55N5O6.C33H51N5O6/c1-7-17-37-32(45)29(43)24(18-20-13-14-20)38-31(44)27-25-23(36(25,5)6)19-41(27)33(46)30(35(2,3)4)40-34(47)39-26(28(42)22-15-16-22)21-11-9-8-10-12-21;1-31(2,3)26(36-30(44)37-33(13-7-6-8-14-33)16-22(39)19-11-12-19)29(43)38-17-20-23(32(20,4)5)24(38)28(42)35-21(15-18-9-10-18)25(40)27(34)41/h7,20-27,30H,1,8-19H2,2-6H3,(H,37,45)(H,38,44)(H2,39,40,47);18-21,23-24,26H,6-17H2,1-5H3,(H2,34,41)(H,35,42)(H2,36,37,44)/t23-,24?,25-,26-,27-,30+;20-,21?,23-,24-,26+/m00/s1. The number of amides is 10. The summed E-state index contributed by atoms with van der Waals surface area (Å²) in [6.45, 7) is 23.9. The van der Waals surface area contributed by atoms with Crippen molar-refractivity contribution in [3.63, 3.8) is 0 Å². The monoisotopic (exact) mass is 1270 g/mol. The van der Waals surface area contributed by atoms with E-state index in [2.05, 4.69) is 71.5 Å². The zero-order chi connectivity index (χ0) is 66.4. The number of carbonyl (C=O) groups excluding carboxylic acids is 12. The Morgan fingerprint density at radius 1 is 0.560 bits per heavy atom. The van der Waals surface area contributed by atoms with Gasteiger partial charge in [0.1, 0.15) is 30.0 Å². The quantitative estimate of drug-likeness (QED) is 0.0373. The van der Waals surface area contributed by atoms with Gasteiger partial charge in [0, 0.05) is 43.4 Å². The normalized spacial score (nSPS) is 27.6. The van der Waals surface area contributed by atoms with E-state index in [9.17, 15) is 57.5 Å². The van der Waals surface area contributed by atoms with E-state index in [0.29, 0.717) is 32.4 Å². The molecule has 0 aromatic rings. The van der Waals surface area contributed by atoms with E-state index in [1.54, 1.807) is 9.80 Å². The number of nitrogens with two attached hydrogens (primary N) is 1. The molecule has 11 atom stereocenters. The zero-order valence-corrected chi connectivity index (χ0v) is 55.9. The maximum Gasteiger partial charge on any atom is 0.316 e. The van der Waals surface area contributed by atoms with Crippen molar-refractivity contribution in [3.8, 4) is 0 Å². The van der Waals surface area contributed by atoms with Gasteiger partial charge in [0.2, 0.25) is 35.2 Å². The summed E-state index contributed by atoms with van der Waals surface area (Å²) in [5.41, 5.74) is 2.97. The Morgan fingerprint density at radius 2 is 1.01 bits per heavy atom. The Balaban J connectivity index is 0.000000216. The number of Topliss-reactive ketones (excluding diaryl/α,β-unsaturated/α-hetero) is 4. The third kappa shape index (κ3) is 16.2. The number of nitrogens with zero attached hydrogens (tertiary/aromatic N) is 2. The molecule has 22 heteroatoms. The molecule has 10 rings (SSSR count). The Morgan fingerprint density at radius 3 is 1.44 bits per heavy atom. The summed E-state index contributed by atoms with van der Waals surface area (Å²) in [4.78, 5) is 163. The number of ketones is 4. The van der Waals surface area contributed by atoms with E-state index in [4.69, 9.17) is 5.73 Å². The number of rotatable bonds is 26. The number of likely N-dealkylation sites (tertiary alicyclic amines) is 2. The average Bonchev–Trinajstić information content (AvgIpc) is 1.53. The fourth-order valence-electron chi connectivity index (χ4n) is 15.9. The predicted octanol–water partition coefficient (Wildman–Crippen LogP) is 5.86. The maximum atomic E-state index is 14.4. The molecular formula is C69H106N10O12. The molecule has 10 fully saturated rings. The lowest BCUT2D eigenvalue weighted by molar-refractivity contribution is -0.145. The van der Waals surface area contributed by atoms with E-state index >= 15 is 0 Å². The average molecular weight is 1270 g/mol. The van der Waals surface area contributed by atoms with Crippen LogP contribution >= 0.6 is 0 Å². The van der Waals surface area contributed by atoms with Gasteiger partial charge < -0.3 is 52.8 Å². The van der Waals surface area contributed by atoms with Crippen molar-refractivity contribution in [2.24, 2.45) is 80.7 Å². The minimum absolute atomic E-state index is 0.00454. The van der Waals surface area contributed by atoms with Crippen LogP contribution in [0.15, 0.2) is 12.7 Å². The number of nitrogens with one attached hydrogen (secondary N) is 7. The Bertz CT molecular complexity index is 2860. The van der Waals surface area contributed by atoms with E-state index < -0.39 is 106 Å². The van der Waals surface area contributed by atoms with E-state index in [-0.39, 0.29) is 94.0 Å². The number of hydrogen-bond donors (Lipinski definition) is 8. The van der Waals surface area contributed by atoms with Gasteiger partial charge in [0.25, 0.3) is 11.8 Å². The summed E-state index contributed by atoms with van der Waals surface area (Å²) in [5.74, 6) is -4.01. The van der Waals surface area contributed by atoms with Crippen molar-refractivity contribution in [1.82, 2.24) is 47.0 Å². The first-order valence-corrected chi connectivity index (χ1v) is 34.4. The highest BCUT2D eigenvalue weighted by molar-refractivity contribution is 6.38. The van der Waals surface area contributed by atoms with Crippen LogP contribution < -0.4 is 43.0 Å². The number of fused-ring (bicyclic) bond motifs is 2.